The van der Waals surface area contributed by atoms with Gasteiger partial charge in [-0.2, -0.15) is 0 Å². The van der Waals surface area contributed by atoms with Crippen molar-refractivity contribution in [3.8, 4) is 5.75 Å². The van der Waals surface area contributed by atoms with Crippen LogP contribution in [0.2, 0.25) is 0 Å². The maximum atomic E-state index is 14.3. The van der Waals surface area contributed by atoms with Crippen LogP contribution in [-0.4, -0.2) is 22.5 Å². The number of thiazole rings is 1. The number of para-hydroxylation sites is 1. The zero-order chi connectivity index (χ0) is 21.7. The second-order valence-corrected chi connectivity index (χ2v) is 11.0. The van der Waals surface area contributed by atoms with Crippen molar-refractivity contribution in [2.75, 3.05) is 11.5 Å². The molecule has 4 aliphatic rings. The molecular weight excluding hydrogens is 418 g/mol. The second-order valence-electron chi connectivity index (χ2n) is 9.98. The molecule has 1 amide bonds. The molecule has 0 spiro atoms. The maximum absolute atomic E-state index is 14.3. The van der Waals surface area contributed by atoms with Crippen LogP contribution < -0.4 is 9.64 Å². The summed E-state index contributed by atoms with van der Waals surface area (Å²) in [4.78, 5) is 25.5. The lowest BCUT2D eigenvalue weighted by Gasteiger charge is -2.56. The van der Waals surface area contributed by atoms with Gasteiger partial charge in [0, 0.05) is 12.4 Å². The minimum Gasteiger partial charge on any atom is -0.492 e. The maximum Gasteiger partial charge on any atom is 0.235 e. The lowest BCUT2D eigenvalue weighted by molar-refractivity contribution is -0.143. The first-order valence-corrected chi connectivity index (χ1v) is 12.7. The molecule has 32 heavy (non-hydrogen) atoms. The topological polar surface area (TPSA) is 55.3 Å². The molecule has 2 aromatic heterocycles. The van der Waals surface area contributed by atoms with Crippen LogP contribution in [-0.2, 0) is 11.3 Å². The molecule has 1 aromatic carbocycles. The Morgan fingerprint density at radius 1 is 1.12 bits per heavy atom. The van der Waals surface area contributed by atoms with Gasteiger partial charge in [-0.3, -0.25) is 14.7 Å². The minimum atomic E-state index is -0.211. The van der Waals surface area contributed by atoms with Crippen LogP contribution in [0, 0.1) is 23.2 Å². The summed E-state index contributed by atoms with van der Waals surface area (Å²) in [5, 5.41) is 0.775. The van der Waals surface area contributed by atoms with Gasteiger partial charge in [0.1, 0.15) is 11.3 Å². The summed E-state index contributed by atoms with van der Waals surface area (Å²) in [6.07, 6.45) is 10.8. The molecule has 0 saturated heterocycles. The molecule has 6 heteroatoms. The summed E-state index contributed by atoms with van der Waals surface area (Å²) < 4.78 is 6.88. The summed E-state index contributed by atoms with van der Waals surface area (Å²) in [7, 11) is 0. The smallest absolute Gasteiger partial charge is 0.235 e. The Hall–Kier alpha value is -2.47. The molecule has 0 radical (unpaired) electrons. The summed E-state index contributed by atoms with van der Waals surface area (Å²) >= 11 is 1.59. The molecule has 0 N–H and O–H groups in total. The Balaban J connectivity index is 1.41. The summed E-state index contributed by atoms with van der Waals surface area (Å²) in [6.45, 7) is 3.09. The number of pyridine rings is 1. The number of nitrogens with zero attached hydrogens (tertiary/aromatic N) is 3. The van der Waals surface area contributed by atoms with Gasteiger partial charge >= 0.3 is 0 Å². The van der Waals surface area contributed by atoms with E-state index in [-0.39, 0.29) is 11.3 Å². The molecule has 0 atom stereocenters. The largest absolute Gasteiger partial charge is 0.492 e. The average molecular weight is 448 g/mol. The first-order valence-electron chi connectivity index (χ1n) is 11.9. The van der Waals surface area contributed by atoms with Crippen LogP contribution in [0.25, 0.3) is 10.2 Å². The van der Waals surface area contributed by atoms with E-state index in [0.29, 0.717) is 13.2 Å². The highest BCUT2D eigenvalue weighted by Crippen LogP contribution is 2.61. The van der Waals surface area contributed by atoms with Gasteiger partial charge in [0.25, 0.3) is 0 Å². The van der Waals surface area contributed by atoms with E-state index >= 15 is 0 Å². The number of amides is 1. The van der Waals surface area contributed by atoms with Crippen molar-refractivity contribution in [1.29, 1.82) is 0 Å². The Morgan fingerprint density at radius 2 is 1.88 bits per heavy atom. The zero-order valence-electron chi connectivity index (χ0n) is 18.5. The normalized spacial score (nSPS) is 28.2. The Labute approximate surface area is 192 Å². The fraction of sp³-hybridized carbons (Fsp3) is 0.500. The quantitative estimate of drug-likeness (QED) is 0.476. The average Bonchev–Trinajstić information content (AvgIpc) is 3.22. The number of hydrogen-bond acceptors (Lipinski definition) is 5. The fourth-order valence-corrected chi connectivity index (χ4v) is 7.84. The van der Waals surface area contributed by atoms with Gasteiger partial charge in [0.2, 0.25) is 5.91 Å². The van der Waals surface area contributed by atoms with E-state index in [1.165, 1.54) is 19.3 Å². The number of ether oxygens (including phenoxy) is 1. The van der Waals surface area contributed by atoms with Crippen LogP contribution >= 0.6 is 11.3 Å². The van der Waals surface area contributed by atoms with E-state index in [2.05, 4.69) is 11.1 Å². The van der Waals surface area contributed by atoms with Crippen LogP contribution in [0.5, 0.6) is 5.75 Å². The van der Waals surface area contributed by atoms with Crippen molar-refractivity contribution in [3.05, 3.63) is 48.3 Å². The number of carbonyl (C=O) groups is 1. The monoisotopic (exact) mass is 447 g/mol. The third-order valence-electron chi connectivity index (χ3n) is 7.70. The Kier molecular flexibility index (Phi) is 4.94. The molecule has 4 fully saturated rings. The number of hydrogen-bond donors (Lipinski definition) is 0. The number of fused-ring (bicyclic) bond motifs is 1. The van der Waals surface area contributed by atoms with E-state index in [9.17, 15) is 4.79 Å². The third-order valence-corrected chi connectivity index (χ3v) is 8.75. The molecule has 3 aromatic rings. The van der Waals surface area contributed by atoms with Gasteiger partial charge in [0.05, 0.1) is 23.3 Å². The first kappa shape index (κ1) is 20.2. The van der Waals surface area contributed by atoms with Crippen LogP contribution in [0.1, 0.15) is 51.0 Å². The predicted molar refractivity (Wildman–Crippen MR) is 127 cm³/mol. The zero-order valence-corrected chi connectivity index (χ0v) is 19.3. The number of benzene rings is 1. The lowest BCUT2D eigenvalue weighted by Crippen LogP contribution is -2.54. The Bertz CT molecular complexity index is 1110. The third kappa shape index (κ3) is 3.40. The van der Waals surface area contributed by atoms with Crippen molar-refractivity contribution in [3.63, 3.8) is 0 Å². The van der Waals surface area contributed by atoms with E-state index in [0.717, 1.165) is 63.7 Å². The molecule has 5 nitrogen and oxygen atoms in total. The van der Waals surface area contributed by atoms with Crippen LogP contribution in [0.4, 0.5) is 5.13 Å². The number of rotatable bonds is 6. The first-order chi connectivity index (χ1) is 15.6. The van der Waals surface area contributed by atoms with Crippen LogP contribution in [0.15, 0.2) is 42.7 Å². The van der Waals surface area contributed by atoms with Crippen molar-refractivity contribution < 1.29 is 9.53 Å². The number of aromatic nitrogens is 2. The van der Waals surface area contributed by atoms with Crippen molar-refractivity contribution in [2.45, 2.75) is 52.0 Å². The van der Waals surface area contributed by atoms with Crippen molar-refractivity contribution in [1.82, 2.24) is 9.97 Å². The molecule has 0 unspecified atom stereocenters. The molecule has 7 rings (SSSR count). The molecule has 4 aliphatic carbocycles. The second kappa shape index (κ2) is 7.84. The summed E-state index contributed by atoms with van der Waals surface area (Å²) in [5.41, 5.74) is 1.68. The van der Waals surface area contributed by atoms with Gasteiger partial charge in [-0.25, -0.2) is 4.98 Å². The minimum absolute atomic E-state index is 0.211. The van der Waals surface area contributed by atoms with E-state index in [1.807, 2.05) is 42.3 Å². The van der Waals surface area contributed by atoms with E-state index in [4.69, 9.17) is 9.72 Å². The highest BCUT2D eigenvalue weighted by atomic mass is 32.1. The highest BCUT2D eigenvalue weighted by molar-refractivity contribution is 7.22. The van der Waals surface area contributed by atoms with E-state index in [1.54, 1.807) is 17.5 Å². The van der Waals surface area contributed by atoms with Crippen molar-refractivity contribution >= 4 is 32.6 Å². The fourth-order valence-electron chi connectivity index (χ4n) is 6.86. The lowest BCUT2D eigenvalue weighted by atomic mass is 9.49. The standard InChI is InChI=1S/C26H29N3O2S/c1-2-31-21-6-3-7-22-23(21)28-25(32-22)29(16-17-5-4-8-27-15-17)24(30)26-12-18-9-19(13-26)11-20(10-18)14-26/h3-8,15,18-20H,2,9-14,16H2,1H3. The van der Waals surface area contributed by atoms with Crippen molar-refractivity contribution in [2.24, 2.45) is 23.2 Å². The molecule has 166 valence electrons. The van der Waals surface area contributed by atoms with Gasteiger partial charge < -0.3 is 4.74 Å². The molecule has 0 aliphatic heterocycles. The summed E-state index contributed by atoms with van der Waals surface area (Å²) in [5.74, 6) is 3.25. The number of carbonyl (C=O) groups excluding carboxylic acids is 1. The van der Waals surface area contributed by atoms with Gasteiger partial charge in [-0.1, -0.05) is 23.5 Å². The van der Waals surface area contributed by atoms with Gasteiger partial charge in [-0.15, -0.1) is 0 Å². The molecular formula is C26H29N3O2S. The highest BCUT2D eigenvalue weighted by Gasteiger charge is 2.56. The molecule has 4 saturated carbocycles. The molecule has 4 bridgehead atoms. The van der Waals surface area contributed by atoms with Crippen LogP contribution in [0.3, 0.4) is 0 Å². The Morgan fingerprint density at radius 3 is 2.53 bits per heavy atom. The van der Waals surface area contributed by atoms with E-state index < -0.39 is 0 Å². The van der Waals surface area contributed by atoms with Gasteiger partial charge in [-0.05, 0) is 87.0 Å². The molecule has 2 heterocycles. The SMILES string of the molecule is CCOc1cccc2sc(N(Cc3cccnc3)C(=O)C34CC5CC(CC(C5)C3)C4)nc12. The predicted octanol–water partition coefficient (Wildman–Crippen LogP) is 5.84. The number of anilines is 1. The summed E-state index contributed by atoms with van der Waals surface area (Å²) in [6, 6.07) is 10.0. The van der Waals surface area contributed by atoms with Gasteiger partial charge in [0.15, 0.2) is 5.13 Å².